The molecule has 1 aromatic carbocycles. The summed E-state index contributed by atoms with van der Waals surface area (Å²) in [5, 5.41) is 0. The molecule has 3 rings (SSSR count). The number of hydrogen-bond acceptors (Lipinski definition) is 5. The molecule has 0 amide bonds. The van der Waals surface area contributed by atoms with Crippen molar-refractivity contribution < 1.29 is 18.7 Å². The van der Waals surface area contributed by atoms with E-state index in [0.717, 1.165) is 4.88 Å². The molecule has 3 aromatic rings. The monoisotopic (exact) mass is 344 g/mol. The number of aryl methyl sites for hydroxylation is 1. The van der Waals surface area contributed by atoms with E-state index in [0.29, 0.717) is 10.6 Å². The first-order valence-electron chi connectivity index (χ1n) is 7.09. The first-order valence-corrected chi connectivity index (χ1v) is 7.91. The topological polar surface area (TPSA) is 61.2 Å². The Morgan fingerprint density at radius 1 is 1.21 bits per heavy atom. The molecule has 2 heterocycles. The van der Waals surface area contributed by atoms with Crippen molar-refractivity contribution in [1.29, 1.82) is 0 Å². The predicted octanol–water partition coefficient (Wildman–Crippen LogP) is 3.42. The van der Waals surface area contributed by atoms with Crippen LogP contribution in [0.15, 0.2) is 48.9 Å². The van der Waals surface area contributed by atoms with Gasteiger partial charge in [-0.05, 0) is 43.3 Å². The van der Waals surface area contributed by atoms with E-state index in [1.807, 2.05) is 13.0 Å². The number of halogens is 1. The number of benzene rings is 1. The second-order valence-corrected chi connectivity index (χ2v) is 6.32. The third-order valence-electron chi connectivity index (χ3n) is 3.30. The molecule has 7 heteroatoms. The number of aromatic nitrogens is 2. The molecule has 0 spiro atoms. The third-order valence-corrected chi connectivity index (χ3v) is 4.34. The molecule has 0 atom stereocenters. The molecule has 0 bridgehead atoms. The van der Waals surface area contributed by atoms with Crippen molar-refractivity contribution in [2.75, 3.05) is 6.61 Å². The fraction of sp³-hybridized carbons (Fsp3) is 0.118. The minimum atomic E-state index is -0.668. The van der Waals surface area contributed by atoms with Gasteiger partial charge in [0.1, 0.15) is 5.82 Å². The zero-order valence-corrected chi connectivity index (χ0v) is 13.5. The van der Waals surface area contributed by atoms with Crippen LogP contribution < -0.4 is 0 Å². The molecule has 0 saturated carbocycles. The van der Waals surface area contributed by atoms with Crippen molar-refractivity contribution in [3.63, 3.8) is 0 Å². The standard InChI is InChI=1S/C17H13FN2O3S/c1-11-2-7-16(24-11)15(21)9-23-17(22)14-8-19-10-20(14)13-5-3-12(18)4-6-13/h2-8,10H,9H2,1H3. The first-order chi connectivity index (χ1) is 11.5. The number of Topliss-reactive ketones (excluding diaryl/α,β-unsaturated/α-hetero) is 1. The summed E-state index contributed by atoms with van der Waals surface area (Å²) in [6, 6.07) is 9.16. The minimum absolute atomic E-state index is 0.164. The van der Waals surface area contributed by atoms with E-state index in [1.165, 1.54) is 52.7 Å². The van der Waals surface area contributed by atoms with E-state index in [2.05, 4.69) is 4.98 Å². The summed E-state index contributed by atoms with van der Waals surface area (Å²) < 4.78 is 19.6. The smallest absolute Gasteiger partial charge is 0.357 e. The summed E-state index contributed by atoms with van der Waals surface area (Å²) in [6.45, 7) is 1.56. The van der Waals surface area contributed by atoms with Gasteiger partial charge in [0.15, 0.2) is 12.3 Å². The molecule has 0 fully saturated rings. The average molecular weight is 344 g/mol. The Kier molecular flexibility index (Phi) is 4.52. The largest absolute Gasteiger partial charge is 0.453 e. The fourth-order valence-electron chi connectivity index (χ4n) is 2.11. The van der Waals surface area contributed by atoms with Crippen LogP contribution in [0.4, 0.5) is 4.39 Å². The highest BCUT2D eigenvalue weighted by molar-refractivity contribution is 7.14. The van der Waals surface area contributed by atoms with Gasteiger partial charge in [-0.25, -0.2) is 14.2 Å². The highest BCUT2D eigenvalue weighted by Gasteiger charge is 2.17. The summed E-state index contributed by atoms with van der Waals surface area (Å²) >= 11 is 1.35. The predicted molar refractivity (Wildman–Crippen MR) is 87.2 cm³/mol. The lowest BCUT2D eigenvalue weighted by atomic mass is 10.3. The second-order valence-electron chi connectivity index (χ2n) is 5.03. The van der Waals surface area contributed by atoms with Gasteiger partial charge in [0, 0.05) is 10.6 Å². The summed E-state index contributed by atoms with van der Waals surface area (Å²) in [5.74, 6) is -1.30. The Morgan fingerprint density at radius 3 is 2.62 bits per heavy atom. The average Bonchev–Trinajstić information content (AvgIpc) is 3.22. The number of imidazole rings is 1. The van der Waals surface area contributed by atoms with Crippen molar-refractivity contribution in [3.8, 4) is 5.69 Å². The summed E-state index contributed by atoms with van der Waals surface area (Å²) in [6.07, 6.45) is 2.76. The fourth-order valence-corrected chi connectivity index (χ4v) is 2.91. The Bertz CT molecular complexity index is 883. The zero-order valence-electron chi connectivity index (χ0n) is 12.7. The maximum absolute atomic E-state index is 13.0. The molecule has 0 aliphatic rings. The van der Waals surface area contributed by atoms with Gasteiger partial charge in [-0.2, -0.15) is 0 Å². The molecule has 24 heavy (non-hydrogen) atoms. The normalized spacial score (nSPS) is 10.6. The van der Waals surface area contributed by atoms with Crippen molar-refractivity contribution in [2.45, 2.75) is 6.92 Å². The Morgan fingerprint density at radius 2 is 1.96 bits per heavy atom. The van der Waals surface area contributed by atoms with Crippen LogP contribution in [0.25, 0.3) is 5.69 Å². The molecule has 0 radical (unpaired) electrons. The van der Waals surface area contributed by atoms with Gasteiger partial charge < -0.3 is 4.74 Å². The molecule has 0 saturated heterocycles. The third kappa shape index (κ3) is 3.41. The van der Waals surface area contributed by atoms with Gasteiger partial charge in [0.25, 0.3) is 0 Å². The van der Waals surface area contributed by atoms with E-state index >= 15 is 0 Å². The summed E-state index contributed by atoms with van der Waals surface area (Å²) in [4.78, 5) is 29.7. The zero-order chi connectivity index (χ0) is 17.1. The Balaban J connectivity index is 1.71. The molecular weight excluding hydrogens is 331 g/mol. The second kappa shape index (κ2) is 6.76. The van der Waals surface area contributed by atoms with E-state index < -0.39 is 5.97 Å². The maximum Gasteiger partial charge on any atom is 0.357 e. The SMILES string of the molecule is Cc1ccc(C(=O)COC(=O)c2cncn2-c2ccc(F)cc2)s1. The van der Waals surface area contributed by atoms with Crippen LogP contribution in [0.5, 0.6) is 0 Å². The first kappa shape index (κ1) is 16.1. The van der Waals surface area contributed by atoms with Gasteiger partial charge in [0.05, 0.1) is 17.4 Å². The molecule has 122 valence electrons. The highest BCUT2D eigenvalue weighted by Crippen LogP contribution is 2.16. The molecule has 0 N–H and O–H groups in total. The van der Waals surface area contributed by atoms with Crippen molar-refractivity contribution in [2.24, 2.45) is 0 Å². The van der Waals surface area contributed by atoms with Crippen LogP contribution in [0.1, 0.15) is 25.0 Å². The molecule has 0 unspecified atom stereocenters. The summed E-state index contributed by atoms with van der Waals surface area (Å²) in [7, 11) is 0. The number of thiophene rings is 1. The van der Waals surface area contributed by atoms with Crippen LogP contribution in [-0.2, 0) is 4.74 Å². The maximum atomic E-state index is 13.0. The number of ketones is 1. The van der Waals surface area contributed by atoms with Crippen LogP contribution in [0, 0.1) is 12.7 Å². The molecule has 0 aliphatic heterocycles. The number of nitrogens with zero attached hydrogens (tertiary/aromatic N) is 2. The van der Waals surface area contributed by atoms with Crippen LogP contribution in [-0.4, -0.2) is 27.9 Å². The van der Waals surface area contributed by atoms with Gasteiger partial charge in [-0.15, -0.1) is 11.3 Å². The lowest BCUT2D eigenvalue weighted by Crippen LogP contribution is -2.16. The number of esters is 1. The number of ether oxygens (including phenoxy) is 1. The van der Waals surface area contributed by atoms with Crippen molar-refractivity contribution in [1.82, 2.24) is 9.55 Å². The number of carbonyl (C=O) groups excluding carboxylic acids is 2. The Hall–Kier alpha value is -2.80. The lowest BCUT2D eigenvalue weighted by molar-refractivity contribution is 0.0468. The number of carbonyl (C=O) groups is 2. The summed E-state index contributed by atoms with van der Waals surface area (Å²) in [5.41, 5.74) is 0.734. The molecule has 0 aliphatic carbocycles. The van der Waals surface area contributed by atoms with Crippen molar-refractivity contribution >= 4 is 23.1 Å². The van der Waals surface area contributed by atoms with Gasteiger partial charge in [-0.3, -0.25) is 9.36 Å². The van der Waals surface area contributed by atoms with Crippen LogP contribution in [0.2, 0.25) is 0 Å². The van der Waals surface area contributed by atoms with E-state index in [1.54, 1.807) is 6.07 Å². The van der Waals surface area contributed by atoms with E-state index in [9.17, 15) is 14.0 Å². The lowest BCUT2D eigenvalue weighted by Gasteiger charge is -2.08. The number of hydrogen-bond donors (Lipinski definition) is 0. The minimum Gasteiger partial charge on any atom is -0.453 e. The van der Waals surface area contributed by atoms with Crippen molar-refractivity contribution in [3.05, 3.63) is 70.2 Å². The number of rotatable bonds is 5. The van der Waals surface area contributed by atoms with Gasteiger partial charge in [-0.1, -0.05) is 0 Å². The molecule has 2 aromatic heterocycles. The van der Waals surface area contributed by atoms with Crippen LogP contribution in [0.3, 0.4) is 0 Å². The van der Waals surface area contributed by atoms with Crippen LogP contribution >= 0.6 is 11.3 Å². The highest BCUT2D eigenvalue weighted by atomic mass is 32.1. The molecular formula is C17H13FN2O3S. The molecule has 5 nitrogen and oxygen atoms in total. The van der Waals surface area contributed by atoms with E-state index in [-0.39, 0.29) is 23.9 Å². The van der Waals surface area contributed by atoms with E-state index in [4.69, 9.17) is 4.74 Å². The quantitative estimate of drug-likeness (QED) is 0.526. The van der Waals surface area contributed by atoms with Gasteiger partial charge >= 0.3 is 5.97 Å². The van der Waals surface area contributed by atoms with Gasteiger partial charge in [0.2, 0.25) is 5.78 Å². The Labute approximate surface area is 141 Å².